The highest BCUT2D eigenvalue weighted by atomic mass is 16.3. The topological polar surface area (TPSA) is 49.3 Å². The number of rotatable bonds is 3. The molecule has 3 nitrogen and oxygen atoms in total. The maximum absolute atomic E-state index is 12.2. The van der Waals surface area contributed by atoms with Gasteiger partial charge in [0, 0.05) is 17.0 Å². The van der Waals surface area contributed by atoms with Crippen molar-refractivity contribution in [2.24, 2.45) is 5.41 Å². The second-order valence-electron chi connectivity index (χ2n) is 5.60. The zero-order valence-electron chi connectivity index (χ0n) is 11.1. The van der Waals surface area contributed by atoms with E-state index in [1.807, 2.05) is 38.1 Å². The lowest BCUT2D eigenvalue weighted by molar-refractivity contribution is 0.0830. The fraction of sp³-hybridized carbons (Fsp3) is 0.533. The van der Waals surface area contributed by atoms with Crippen LogP contribution in [0.1, 0.15) is 42.1 Å². The molecular weight excluding hydrogens is 226 g/mol. The number of aryl methyl sites for hydroxylation is 1. The second kappa shape index (κ2) is 5.11. The number of hydrogen-bond donors (Lipinski definition) is 2. The van der Waals surface area contributed by atoms with Crippen molar-refractivity contribution in [2.75, 3.05) is 6.61 Å². The Morgan fingerprint density at radius 1 is 1.56 bits per heavy atom. The first kappa shape index (κ1) is 13.1. The summed E-state index contributed by atoms with van der Waals surface area (Å²) in [6, 6.07) is 7.66. The molecular formula is C15H21NO2. The van der Waals surface area contributed by atoms with Crippen molar-refractivity contribution >= 4 is 5.91 Å². The van der Waals surface area contributed by atoms with Crippen LogP contribution in [0, 0.1) is 12.3 Å². The highest BCUT2D eigenvalue weighted by molar-refractivity contribution is 5.94. The summed E-state index contributed by atoms with van der Waals surface area (Å²) in [5.74, 6) is -0.0368. The third-order valence-corrected chi connectivity index (χ3v) is 4.03. The maximum Gasteiger partial charge on any atom is 0.251 e. The number of amides is 1. The molecule has 0 saturated heterocycles. The van der Waals surface area contributed by atoms with E-state index in [0.717, 1.165) is 24.8 Å². The Balaban J connectivity index is 2.08. The van der Waals surface area contributed by atoms with Crippen LogP contribution in [0.3, 0.4) is 0 Å². The van der Waals surface area contributed by atoms with Gasteiger partial charge in [-0.25, -0.2) is 0 Å². The average molecular weight is 247 g/mol. The Bertz CT molecular complexity index is 444. The number of aliphatic hydroxyl groups is 1. The molecule has 0 aromatic heterocycles. The van der Waals surface area contributed by atoms with E-state index in [4.69, 9.17) is 0 Å². The van der Waals surface area contributed by atoms with E-state index in [-0.39, 0.29) is 24.0 Å². The lowest BCUT2D eigenvalue weighted by Crippen LogP contribution is -2.44. The third-order valence-electron chi connectivity index (χ3n) is 4.03. The molecule has 1 aromatic rings. The number of benzene rings is 1. The molecule has 1 saturated carbocycles. The van der Waals surface area contributed by atoms with Gasteiger partial charge in [-0.1, -0.05) is 31.0 Å². The zero-order valence-corrected chi connectivity index (χ0v) is 11.1. The largest absolute Gasteiger partial charge is 0.396 e. The Hall–Kier alpha value is -1.35. The van der Waals surface area contributed by atoms with Gasteiger partial charge >= 0.3 is 0 Å². The molecule has 0 heterocycles. The van der Waals surface area contributed by atoms with Gasteiger partial charge in [0.1, 0.15) is 0 Å². The SMILES string of the molecule is Cc1cccc(C(=O)NC2CCCC2(C)CO)c1. The van der Waals surface area contributed by atoms with Crippen LogP contribution in [0.25, 0.3) is 0 Å². The molecule has 1 aromatic carbocycles. The van der Waals surface area contributed by atoms with Crippen molar-refractivity contribution in [1.29, 1.82) is 0 Å². The molecule has 18 heavy (non-hydrogen) atoms. The van der Waals surface area contributed by atoms with Crippen LogP contribution in [-0.2, 0) is 0 Å². The minimum atomic E-state index is -0.167. The van der Waals surface area contributed by atoms with E-state index in [1.54, 1.807) is 0 Å². The number of carbonyl (C=O) groups excluding carboxylic acids is 1. The molecule has 1 amide bonds. The molecule has 0 spiro atoms. The molecule has 0 aliphatic heterocycles. The molecule has 2 atom stereocenters. The lowest BCUT2D eigenvalue weighted by atomic mass is 9.85. The second-order valence-corrected chi connectivity index (χ2v) is 5.60. The summed E-state index contributed by atoms with van der Waals surface area (Å²) in [5.41, 5.74) is 1.61. The van der Waals surface area contributed by atoms with Crippen molar-refractivity contribution in [3.05, 3.63) is 35.4 Å². The van der Waals surface area contributed by atoms with Gasteiger partial charge < -0.3 is 10.4 Å². The summed E-state index contributed by atoms with van der Waals surface area (Å²) < 4.78 is 0. The summed E-state index contributed by atoms with van der Waals surface area (Å²) >= 11 is 0. The Morgan fingerprint density at radius 2 is 2.33 bits per heavy atom. The maximum atomic E-state index is 12.2. The summed E-state index contributed by atoms with van der Waals surface area (Å²) in [4.78, 5) is 12.2. The number of aliphatic hydroxyl groups excluding tert-OH is 1. The standard InChI is InChI=1S/C15H21NO2/c1-11-5-3-6-12(9-11)14(18)16-13-7-4-8-15(13,2)10-17/h3,5-6,9,13,17H,4,7-8,10H2,1-2H3,(H,16,18). The van der Waals surface area contributed by atoms with Gasteiger partial charge in [0.25, 0.3) is 5.91 Å². The van der Waals surface area contributed by atoms with E-state index < -0.39 is 0 Å². The molecule has 0 radical (unpaired) electrons. The molecule has 3 heteroatoms. The Morgan fingerprint density at radius 3 is 3.00 bits per heavy atom. The van der Waals surface area contributed by atoms with E-state index in [9.17, 15) is 9.90 Å². The van der Waals surface area contributed by atoms with Crippen molar-refractivity contribution in [2.45, 2.75) is 39.2 Å². The van der Waals surface area contributed by atoms with E-state index in [0.29, 0.717) is 5.56 Å². The van der Waals surface area contributed by atoms with Crippen LogP contribution >= 0.6 is 0 Å². The number of carbonyl (C=O) groups is 1. The highest BCUT2D eigenvalue weighted by Gasteiger charge is 2.39. The van der Waals surface area contributed by atoms with Crippen LogP contribution in [0.15, 0.2) is 24.3 Å². The van der Waals surface area contributed by atoms with Crippen molar-refractivity contribution in [3.8, 4) is 0 Å². The van der Waals surface area contributed by atoms with E-state index >= 15 is 0 Å². The van der Waals surface area contributed by atoms with Crippen LogP contribution in [0.2, 0.25) is 0 Å². The molecule has 2 unspecified atom stereocenters. The summed E-state index contributed by atoms with van der Waals surface area (Å²) in [7, 11) is 0. The summed E-state index contributed by atoms with van der Waals surface area (Å²) in [6.45, 7) is 4.15. The first-order valence-electron chi connectivity index (χ1n) is 6.53. The van der Waals surface area contributed by atoms with Gasteiger partial charge in [-0.15, -0.1) is 0 Å². The third kappa shape index (κ3) is 2.56. The molecule has 98 valence electrons. The number of nitrogens with one attached hydrogen (secondary N) is 1. The van der Waals surface area contributed by atoms with Crippen LogP contribution in [0.5, 0.6) is 0 Å². The molecule has 1 aliphatic carbocycles. The van der Waals surface area contributed by atoms with Gasteiger partial charge in [0.2, 0.25) is 0 Å². The zero-order chi connectivity index (χ0) is 13.2. The van der Waals surface area contributed by atoms with Crippen molar-refractivity contribution < 1.29 is 9.90 Å². The Labute approximate surface area is 108 Å². The number of hydrogen-bond acceptors (Lipinski definition) is 2. The predicted octanol–water partition coefficient (Wildman–Crippen LogP) is 2.28. The molecule has 1 aliphatic rings. The normalized spacial score (nSPS) is 27.2. The smallest absolute Gasteiger partial charge is 0.251 e. The van der Waals surface area contributed by atoms with Gasteiger partial charge in [-0.2, -0.15) is 0 Å². The first-order chi connectivity index (χ1) is 8.55. The van der Waals surface area contributed by atoms with Gasteiger partial charge in [-0.3, -0.25) is 4.79 Å². The first-order valence-corrected chi connectivity index (χ1v) is 6.53. The predicted molar refractivity (Wildman–Crippen MR) is 71.5 cm³/mol. The van der Waals surface area contributed by atoms with Crippen molar-refractivity contribution in [1.82, 2.24) is 5.32 Å². The minimum absolute atomic E-state index is 0.0368. The van der Waals surface area contributed by atoms with Gasteiger partial charge in [0.15, 0.2) is 0 Å². The molecule has 2 N–H and O–H groups in total. The van der Waals surface area contributed by atoms with Crippen molar-refractivity contribution in [3.63, 3.8) is 0 Å². The summed E-state index contributed by atoms with van der Waals surface area (Å²) in [5, 5.41) is 12.5. The lowest BCUT2D eigenvalue weighted by Gasteiger charge is -2.30. The summed E-state index contributed by atoms with van der Waals surface area (Å²) in [6.07, 6.45) is 2.99. The minimum Gasteiger partial charge on any atom is -0.396 e. The van der Waals surface area contributed by atoms with Crippen LogP contribution in [-0.4, -0.2) is 23.7 Å². The van der Waals surface area contributed by atoms with Gasteiger partial charge in [0.05, 0.1) is 6.61 Å². The quantitative estimate of drug-likeness (QED) is 0.861. The molecule has 0 bridgehead atoms. The van der Waals surface area contributed by atoms with Crippen LogP contribution in [0.4, 0.5) is 0 Å². The monoisotopic (exact) mass is 247 g/mol. The average Bonchev–Trinajstić information content (AvgIpc) is 2.72. The highest BCUT2D eigenvalue weighted by Crippen LogP contribution is 2.37. The van der Waals surface area contributed by atoms with E-state index in [2.05, 4.69) is 5.32 Å². The fourth-order valence-corrected chi connectivity index (χ4v) is 2.70. The molecule has 2 rings (SSSR count). The van der Waals surface area contributed by atoms with Gasteiger partial charge in [-0.05, 0) is 31.9 Å². The fourth-order valence-electron chi connectivity index (χ4n) is 2.70. The van der Waals surface area contributed by atoms with Crippen LogP contribution < -0.4 is 5.32 Å². The molecule has 1 fully saturated rings. The van der Waals surface area contributed by atoms with E-state index in [1.165, 1.54) is 0 Å². The Kier molecular flexibility index (Phi) is 3.71.